The Kier molecular flexibility index (Phi) is 6.67. The van der Waals surface area contributed by atoms with Gasteiger partial charge in [-0.2, -0.15) is 0 Å². The van der Waals surface area contributed by atoms with Crippen molar-refractivity contribution in [3.63, 3.8) is 0 Å². The molecule has 3 aromatic heterocycles. The quantitative estimate of drug-likeness (QED) is 0.496. The largest absolute Gasteiger partial charge is 0.347 e. The van der Waals surface area contributed by atoms with Crippen molar-refractivity contribution in [1.29, 1.82) is 0 Å². The van der Waals surface area contributed by atoms with Crippen molar-refractivity contribution in [2.24, 2.45) is 0 Å². The van der Waals surface area contributed by atoms with Gasteiger partial charge in [-0.25, -0.2) is 9.18 Å². The molecule has 0 bridgehead atoms. The molecule has 0 saturated carbocycles. The number of aryl methyl sites for hydroxylation is 1. The molecule has 0 unspecified atom stereocenters. The first-order valence-electron chi connectivity index (χ1n) is 9.11. The Balaban J connectivity index is 0.00000272. The molecule has 4 aromatic rings. The summed E-state index contributed by atoms with van der Waals surface area (Å²) in [5.41, 5.74) is 0.909. The molecule has 0 aliphatic rings. The molecule has 0 aliphatic carbocycles. The van der Waals surface area contributed by atoms with Crippen molar-refractivity contribution in [3.05, 3.63) is 103 Å². The van der Waals surface area contributed by atoms with E-state index in [2.05, 4.69) is 10.3 Å². The summed E-state index contributed by atoms with van der Waals surface area (Å²) in [5.74, 6) is -0.730. The summed E-state index contributed by atoms with van der Waals surface area (Å²) in [7, 11) is 0. The van der Waals surface area contributed by atoms with Gasteiger partial charge in [-0.05, 0) is 42.3 Å². The average Bonchev–Trinajstić information content (AvgIpc) is 3.21. The maximum atomic E-state index is 13.1. The van der Waals surface area contributed by atoms with Gasteiger partial charge in [-0.3, -0.25) is 23.5 Å². The highest BCUT2D eigenvalue weighted by Gasteiger charge is 2.17. The number of hydrogen-bond donors (Lipinski definition) is 1. The van der Waals surface area contributed by atoms with Crippen LogP contribution in [0.15, 0.2) is 64.6 Å². The number of pyridine rings is 1. The van der Waals surface area contributed by atoms with Crippen LogP contribution in [0.5, 0.6) is 0 Å². The van der Waals surface area contributed by atoms with Gasteiger partial charge in [0.1, 0.15) is 15.5 Å². The molecule has 3 heterocycles. The number of carbonyl (C=O) groups excluding carboxylic acids is 1. The SMILES string of the molecule is Cc1c(=O)n(Cc2ccc(F)cc2)c(=O)n2cc(C(=O)NCc3ccncc3)sc12.Cl. The highest BCUT2D eigenvalue weighted by Crippen LogP contribution is 2.18. The van der Waals surface area contributed by atoms with E-state index in [1.54, 1.807) is 31.5 Å². The fourth-order valence-corrected chi connectivity index (χ4v) is 4.05. The topological polar surface area (TPSA) is 85.5 Å². The average molecular weight is 461 g/mol. The van der Waals surface area contributed by atoms with Crippen molar-refractivity contribution in [2.75, 3.05) is 0 Å². The summed E-state index contributed by atoms with van der Waals surface area (Å²) in [6.45, 7) is 1.95. The van der Waals surface area contributed by atoms with Crippen LogP contribution in [0.2, 0.25) is 0 Å². The van der Waals surface area contributed by atoms with Gasteiger partial charge in [-0.1, -0.05) is 12.1 Å². The molecule has 0 fully saturated rings. The number of halogens is 2. The van der Waals surface area contributed by atoms with E-state index in [-0.39, 0.29) is 24.9 Å². The molecular formula is C21H18ClFN4O3S. The summed E-state index contributed by atoms with van der Waals surface area (Å²) in [4.78, 5) is 42.9. The zero-order chi connectivity index (χ0) is 21.3. The summed E-state index contributed by atoms with van der Waals surface area (Å²) in [6.07, 6.45) is 4.72. The zero-order valence-electron chi connectivity index (χ0n) is 16.4. The number of fused-ring (bicyclic) bond motifs is 1. The van der Waals surface area contributed by atoms with Gasteiger partial charge < -0.3 is 5.32 Å². The predicted octanol–water partition coefficient (Wildman–Crippen LogP) is 2.77. The Hall–Kier alpha value is -3.30. The van der Waals surface area contributed by atoms with Crippen molar-refractivity contribution in [3.8, 4) is 0 Å². The minimum atomic E-state index is -0.547. The number of aromatic nitrogens is 3. The molecule has 0 atom stereocenters. The first-order valence-corrected chi connectivity index (χ1v) is 9.93. The van der Waals surface area contributed by atoms with Crippen molar-refractivity contribution < 1.29 is 9.18 Å². The van der Waals surface area contributed by atoms with Gasteiger partial charge in [-0.15, -0.1) is 23.7 Å². The lowest BCUT2D eigenvalue weighted by molar-refractivity contribution is 0.0954. The third-order valence-electron chi connectivity index (χ3n) is 4.68. The number of nitrogens with zero attached hydrogens (tertiary/aromatic N) is 3. The number of thiazole rings is 1. The van der Waals surface area contributed by atoms with E-state index in [9.17, 15) is 18.8 Å². The van der Waals surface area contributed by atoms with E-state index >= 15 is 0 Å². The summed E-state index contributed by atoms with van der Waals surface area (Å²) in [5, 5.41) is 2.80. The van der Waals surface area contributed by atoms with Gasteiger partial charge in [0.2, 0.25) is 0 Å². The van der Waals surface area contributed by atoms with Crippen molar-refractivity contribution >= 4 is 34.5 Å². The smallest absolute Gasteiger partial charge is 0.336 e. The van der Waals surface area contributed by atoms with Gasteiger partial charge in [0, 0.05) is 30.7 Å². The minimum Gasteiger partial charge on any atom is -0.347 e. The van der Waals surface area contributed by atoms with E-state index < -0.39 is 17.1 Å². The second kappa shape index (κ2) is 9.23. The van der Waals surface area contributed by atoms with E-state index in [0.717, 1.165) is 21.5 Å². The Bertz CT molecular complexity index is 1350. The fourth-order valence-electron chi connectivity index (χ4n) is 3.05. The van der Waals surface area contributed by atoms with E-state index in [0.29, 0.717) is 27.4 Å². The number of benzene rings is 1. The maximum absolute atomic E-state index is 13.1. The Morgan fingerprint density at radius 2 is 1.77 bits per heavy atom. The third kappa shape index (κ3) is 4.57. The number of rotatable bonds is 5. The molecule has 0 radical (unpaired) electrons. The molecule has 10 heteroatoms. The Labute approximate surface area is 186 Å². The molecule has 4 rings (SSSR count). The first-order chi connectivity index (χ1) is 14.4. The van der Waals surface area contributed by atoms with E-state index in [1.165, 1.54) is 34.9 Å². The molecule has 31 heavy (non-hydrogen) atoms. The number of hydrogen-bond acceptors (Lipinski definition) is 5. The molecule has 1 N–H and O–H groups in total. The van der Waals surface area contributed by atoms with Crippen molar-refractivity contribution in [2.45, 2.75) is 20.0 Å². The number of amides is 1. The maximum Gasteiger partial charge on any atom is 0.336 e. The Morgan fingerprint density at radius 3 is 2.45 bits per heavy atom. The standard InChI is InChI=1S/C21H17FN4O3S.ClH/c1-13-19(28)25(11-15-2-4-16(22)5-3-15)21(29)26-12-17(30-20(13)26)18(27)24-10-14-6-8-23-9-7-14;/h2-9,12H,10-11H2,1H3,(H,24,27);1H. The van der Waals surface area contributed by atoms with Crippen LogP contribution in [0.1, 0.15) is 26.4 Å². The minimum absolute atomic E-state index is 0. The van der Waals surface area contributed by atoms with E-state index in [1.807, 2.05) is 0 Å². The van der Waals surface area contributed by atoms with Gasteiger partial charge >= 0.3 is 5.69 Å². The lowest BCUT2D eigenvalue weighted by Crippen LogP contribution is -2.38. The summed E-state index contributed by atoms with van der Waals surface area (Å²) >= 11 is 1.09. The molecular weight excluding hydrogens is 443 g/mol. The lowest BCUT2D eigenvalue weighted by atomic mass is 10.2. The predicted molar refractivity (Wildman–Crippen MR) is 119 cm³/mol. The summed E-state index contributed by atoms with van der Waals surface area (Å²) < 4.78 is 15.5. The van der Waals surface area contributed by atoms with Gasteiger partial charge in [0.05, 0.1) is 6.54 Å². The highest BCUT2D eigenvalue weighted by molar-refractivity contribution is 7.19. The number of carbonyl (C=O) groups is 1. The van der Waals surface area contributed by atoms with Crippen LogP contribution in [0.3, 0.4) is 0 Å². The van der Waals surface area contributed by atoms with Gasteiger partial charge in [0.25, 0.3) is 11.5 Å². The fraction of sp³-hybridized carbons (Fsp3) is 0.143. The molecule has 7 nitrogen and oxygen atoms in total. The first kappa shape index (κ1) is 22.4. The molecule has 160 valence electrons. The van der Waals surface area contributed by atoms with Crippen LogP contribution in [-0.4, -0.2) is 19.9 Å². The van der Waals surface area contributed by atoms with Crippen molar-refractivity contribution in [1.82, 2.24) is 19.3 Å². The molecule has 0 spiro atoms. The highest BCUT2D eigenvalue weighted by atomic mass is 35.5. The monoisotopic (exact) mass is 460 g/mol. The van der Waals surface area contributed by atoms with Crippen LogP contribution in [0.25, 0.3) is 4.83 Å². The molecule has 1 aromatic carbocycles. The second-order valence-corrected chi connectivity index (χ2v) is 7.76. The normalized spacial score (nSPS) is 10.6. The van der Waals surface area contributed by atoms with E-state index in [4.69, 9.17) is 0 Å². The number of nitrogens with one attached hydrogen (secondary N) is 1. The van der Waals surface area contributed by atoms with Crippen LogP contribution in [0, 0.1) is 12.7 Å². The van der Waals surface area contributed by atoms with Crippen LogP contribution >= 0.6 is 23.7 Å². The third-order valence-corrected chi connectivity index (χ3v) is 5.88. The van der Waals surface area contributed by atoms with Gasteiger partial charge in [0.15, 0.2) is 0 Å². The molecule has 0 saturated heterocycles. The van der Waals surface area contributed by atoms with Crippen LogP contribution in [-0.2, 0) is 13.1 Å². The van der Waals surface area contributed by atoms with Crippen LogP contribution < -0.4 is 16.6 Å². The zero-order valence-corrected chi connectivity index (χ0v) is 18.0. The lowest BCUT2D eigenvalue weighted by Gasteiger charge is -2.07. The molecule has 0 aliphatic heterocycles. The Morgan fingerprint density at radius 1 is 1.10 bits per heavy atom. The van der Waals surface area contributed by atoms with Crippen LogP contribution in [0.4, 0.5) is 4.39 Å². The molecule has 1 amide bonds. The summed E-state index contributed by atoms with van der Waals surface area (Å²) in [6, 6.07) is 9.19. The second-order valence-electron chi connectivity index (χ2n) is 6.73.